The molecule has 1 aliphatic heterocycles. The highest BCUT2D eigenvalue weighted by Gasteiger charge is 2.25. The van der Waals surface area contributed by atoms with Crippen molar-refractivity contribution in [3.05, 3.63) is 0 Å². The molecule has 0 saturated carbocycles. The fourth-order valence-electron chi connectivity index (χ4n) is 2.23. The Kier molecular flexibility index (Phi) is 6.20. The van der Waals surface area contributed by atoms with Gasteiger partial charge in [0.05, 0.1) is 4.99 Å². The zero-order valence-corrected chi connectivity index (χ0v) is 13.3. The minimum atomic E-state index is 0.182. The summed E-state index contributed by atoms with van der Waals surface area (Å²) in [6.45, 7) is 8.35. The molecule has 1 rings (SSSR count). The Morgan fingerprint density at radius 2 is 1.89 bits per heavy atom. The van der Waals surface area contributed by atoms with Gasteiger partial charge >= 0.3 is 0 Å². The average Bonchev–Trinajstić information content (AvgIpc) is 2.34. The number of carbonyl (C=O) groups is 1. The smallest absolute Gasteiger partial charge is 0.223 e. The van der Waals surface area contributed by atoms with Gasteiger partial charge in [-0.25, -0.2) is 0 Å². The SMILES string of the molecule is CN(CCC(N)=S)C(=O)CCN1CCC(C)(C)CC1. The number of hydrogen-bond donors (Lipinski definition) is 1. The van der Waals surface area contributed by atoms with Gasteiger partial charge in [-0.15, -0.1) is 0 Å². The van der Waals surface area contributed by atoms with Gasteiger partial charge in [-0.3, -0.25) is 4.79 Å². The molecule has 0 unspecified atom stereocenters. The maximum absolute atomic E-state index is 11.9. The third-order valence-electron chi connectivity index (χ3n) is 3.97. The molecule has 5 heteroatoms. The van der Waals surface area contributed by atoms with E-state index in [1.807, 2.05) is 7.05 Å². The fraction of sp³-hybridized carbons (Fsp3) is 0.857. The summed E-state index contributed by atoms with van der Waals surface area (Å²) in [7, 11) is 1.82. The summed E-state index contributed by atoms with van der Waals surface area (Å²) < 4.78 is 0. The van der Waals surface area contributed by atoms with Crippen LogP contribution in [0.3, 0.4) is 0 Å². The topological polar surface area (TPSA) is 49.6 Å². The lowest BCUT2D eigenvalue weighted by atomic mass is 9.83. The van der Waals surface area contributed by atoms with Crippen molar-refractivity contribution in [2.75, 3.05) is 33.2 Å². The maximum Gasteiger partial charge on any atom is 0.223 e. The molecule has 0 bridgehead atoms. The monoisotopic (exact) mass is 285 g/mol. The van der Waals surface area contributed by atoms with Crippen molar-refractivity contribution in [3.8, 4) is 0 Å². The van der Waals surface area contributed by atoms with Gasteiger partial charge < -0.3 is 15.5 Å². The Labute approximate surface area is 122 Å². The Hall–Kier alpha value is -0.680. The molecule has 110 valence electrons. The van der Waals surface area contributed by atoms with E-state index in [2.05, 4.69) is 18.7 Å². The molecule has 1 saturated heterocycles. The molecule has 1 heterocycles. The Morgan fingerprint density at radius 1 is 1.32 bits per heavy atom. The van der Waals surface area contributed by atoms with Crippen LogP contribution in [0, 0.1) is 5.41 Å². The maximum atomic E-state index is 11.9. The van der Waals surface area contributed by atoms with E-state index in [1.165, 1.54) is 12.8 Å². The van der Waals surface area contributed by atoms with Gasteiger partial charge in [-0.2, -0.15) is 0 Å². The predicted octanol–water partition coefficient (Wildman–Crippen LogP) is 1.63. The predicted molar refractivity (Wildman–Crippen MR) is 83.1 cm³/mol. The second-order valence-electron chi connectivity index (χ2n) is 6.29. The van der Waals surface area contributed by atoms with Crippen molar-refractivity contribution in [2.24, 2.45) is 11.1 Å². The highest BCUT2D eigenvalue weighted by Crippen LogP contribution is 2.29. The van der Waals surface area contributed by atoms with E-state index < -0.39 is 0 Å². The van der Waals surface area contributed by atoms with Crippen molar-refractivity contribution in [1.82, 2.24) is 9.80 Å². The normalized spacial score (nSPS) is 19.1. The van der Waals surface area contributed by atoms with E-state index in [0.29, 0.717) is 29.8 Å². The van der Waals surface area contributed by atoms with Crippen LogP contribution in [-0.4, -0.2) is 53.9 Å². The number of nitrogens with two attached hydrogens (primary N) is 1. The molecule has 0 aromatic heterocycles. The first kappa shape index (κ1) is 16.4. The minimum Gasteiger partial charge on any atom is -0.393 e. The van der Waals surface area contributed by atoms with Crippen molar-refractivity contribution >= 4 is 23.1 Å². The van der Waals surface area contributed by atoms with Crippen molar-refractivity contribution < 1.29 is 4.79 Å². The number of piperidine rings is 1. The third-order valence-corrected chi connectivity index (χ3v) is 4.18. The molecule has 0 aliphatic carbocycles. The summed E-state index contributed by atoms with van der Waals surface area (Å²) in [6.07, 6.45) is 3.64. The van der Waals surface area contributed by atoms with Gasteiger partial charge in [0.1, 0.15) is 0 Å². The summed E-state index contributed by atoms with van der Waals surface area (Å²) in [4.78, 5) is 16.5. The molecule has 0 spiro atoms. The standard InChI is InChI=1S/C14H27N3OS/c1-14(2)6-10-17(11-7-14)9-5-13(18)16(3)8-4-12(15)19/h4-11H2,1-3H3,(H2,15,19). The summed E-state index contributed by atoms with van der Waals surface area (Å²) in [5.74, 6) is 0.182. The molecular weight excluding hydrogens is 258 g/mol. The number of nitrogens with zero attached hydrogens (tertiary/aromatic N) is 2. The second-order valence-corrected chi connectivity index (χ2v) is 6.81. The number of carbonyl (C=O) groups excluding carboxylic acids is 1. The number of likely N-dealkylation sites (tertiary alicyclic amines) is 1. The van der Waals surface area contributed by atoms with Crippen LogP contribution in [0.4, 0.5) is 0 Å². The average molecular weight is 285 g/mol. The molecule has 1 amide bonds. The molecule has 2 N–H and O–H groups in total. The lowest BCUT2D eigenvalue weighted by molar-refractivity contribution is -0.130. The molecule has 19 heavy (non-hydrogen) atoms. The molecule has 4 nitrogen and oxygen atoms in total. The van der Waals surface area contributed by atoms with Crippen LogP contribution in [0.1, 0.15) is 39.5 Å². The van der Waals surface area contributed by atoms with Crippen LogP contribution >= 0.6 is 12.2 Å². The van der Waals surface area contributed by atoms with Crippen LogP contribution in [-0.2, 0) is 4.79 Å². The molecular formula is C14H27N3OS. The Bertz CT molecular complexity index is 321. The van der Waals surface area contributed by atoms with Gasteiger partial charge in [-0.1, -0.05) is 26.1 Å². The molecule has 1 aliphatic rings. The summed E-state index contributed by atoms with van der Waals surface area (Å²) >= 11 is 4.82. The highest BCUT2D eigenvalue weighted by molar-refractivity contribution is 7.80. The van der Waals surface area contributed by atoms with Crippen LogP contribution in [0.2, 0.25) is 0 Å². The summed E-state index contributed by atoms with van der Waals surface area (Å²) in [5, 5.41) is 0. The summed E-state index contributed by atoms with van der Waals surface area (Å²) in [6, 6.07) is 0. The number of amides is 1. The first-order chi connectivity index (χ1) is 8.80. The van der Waals surface area contributed by atoms with Crippen molar-refractivity contribution in [3.63, 3.8) is 0 Å². The van der Waals surface area contributed by atoms with Crippen LogP contribution in [0.15, 0.2) is 0 Å². The third kappa shape index (κ3) is 6.34. The van der Waals surface area contributed by atoms with E-state index in [9.17, 15) is 4.79 Å². The minimum absolute atomic E-state index is 0.182. The van der Waals surface area contributed by atoms with Gasteiger partial charge in [0.25, 0.3) is 0 Å². The second kappa shape index (κ2) is 7.20. The fourth-order valence-corrected chi connectivity index (χ4v) is 2.32. The molecule has 0 radical (unpaired) electrons. The lowest BCUT2D eigenvalue weighted by Crippen LogP contribution is -2.39. The Balaban J connectivity index is 2.21. The number of rotatable bonds is 6. The zero-order valence-electron chi connectivity index (χ0n) is 12.4. The lowest BCUT2D eigenvalue weighted by Gasteiger charge is -2.36. The first-order valence-corrected chi connectivity index (χ1v) is 7.46. The van der Waals surface area contributed by atoms with E-state index in [-0.39, 0.29) is 5.91 Å². The molecule has 1 fully saturated rings. The van der Waals surface area contributed by atoms with Crippen molar-refractivity contribution in [2.45, 2.75) is 39.5 Å². The van der Waals surface area contributed by atoms with Gasteiger partial charge in [-0.05, 0) is 31.3 Å². The van der Waals surface area contributed by atoms with Crippen LogP contribution < -0.4 is 5.73 Å². The van der Waals surface area contributed by atoms with Crippen LogP contribution in [0.5, 0.6) is 0 Å². The summed E-state index contributed by atoms with van der Waals surface area (Å²) in [5.41, 5.74) is 5.91. The number of hydrogen-bond acceptors (Lipinski definition) is 3. The van der Waals surface area contributed by atoms with E-state index >= 15 is 0 Å². The van der Waals surface area contributed by atoms with Gasteiger partial charge in [0.2, 0.25) is 5.91 Å². The van der Waals surface area contributed by atoms with Crippen molar-refractivity contribution in [1.29, 1.82) is 0 Å². The van der Waals surface area contributed by atoms with E-state index in [0.717, 1.165) is 19.6 Å². The molecule has 0 aromatic rings. The highest BCUT2D eigenvalue weighted by atomic mass is 32.1. The zero-order chi connectivity index (χ0) is 14.5. The largest absolute Gasteiger partial charge is 0.393 e. The first-order valence-electron chi connectivity index (χ1n) is 7.05. The molecule has 0 atom stereocenters. The van der Waals surface area contributed by atoms with Crippen LogP contribution in [0.25, 0.3) is 0 Å². The number of thiocarbonyl (C=S) groups is 1. The van der Waals surface area contributed by atoms with E-state index in [1.54, 1.807) is 4.90 Å². The van der Waals surface area contributed by atoms with E-state index in [4.69, 9.17) is 18.0 Å². The Morgan fingerprint density at radius 3 is 2.42 bits per heavy atom. The van der Waals surface area contributed by atoms with Gasteiger partial charge in [0, 0.05) is 33.0 Å². The quantitative estimate of drug-likeness (QED) is 0.754. The molecule has 0 aromatic carbocycles. The van der Waals surface area contributed by atoms with Gasteiger partial charge in [0.15, 0.2) is 0 Å².